The number of ether oxygens (including phenoxy) is 1. The Bertz CT molecular complexity index is 1250. The molecule has 0 saturated heterocycles. The summed E-state index contributed by atoms with van der Waals surface area (Å²) in [5, 5.41) is 3.76. The second-order valence-electron chi connectivity index (χ2n) is 6.63. The minimum absolute atomic E-state index is 0.00239. The fraction of sp³-hybridized carbons (Fsp3) is 0.211. The van der Waals surface area contributed by atoms with Crippen molar-refractivity contribution in [3.63, 3.8) is 0 Å². The summed E-state index contributed by atoms with van der Waals surface area (Å²) >= 11 is 0.956. The lowest BCUT2D eigenvalue weighted by atomic mass is 10.0. The number of nitrogens with zero attached hydrogens (tertiary/aromatic N) is 2. The number of sulfone groups is 1. The molecule has 1 aliphatic rings. The van der Waals surface area contributed by atoms with Crippen molar-refractivity contribution in [1.82, 2.24) is 9.78 Å². The smallest absolute Gasteiger partial charge is 0.436 e. The number of hydrogen-bond acceptors (Lipinski definition) is 5. The van der Waals surface area contributed by atoms with Crippen molar-refractivity contribution in [3.8, 4) is 22.7 Å². The van der Waals surface area contributed by atoms with Gasteiger partial charge in [-0.25, -0.2) is 17.5 Å². The molecule has 0 N–H and O–H groups in total. The third kappa shape index (κ3) is 3.45. The van der Waals surface area contributed by atoms with Crippen LogP contribution in [-0.4, -0.2) is 31.6 Å². The molecule has 0 amide bonds. The third-order valence-corrected chi connectivity index (χ3v) is 6.88. The fourth-order valence-corrected chi connectivity index (χ4v) is 5.02. The Morgan fingerprint density at radius 2 is 1.83 bits per heavy atom. The first-order chi connectivity index (χ1) is 14.0. The first-order valence-electron chi connectivity index (χ1n) is 8.51. The summed E-state index contributed by atoms with van der Waals surface area (Å²) in [6, 6.07) is 7.90. The predicted molar refractivity (Wildman–Crippen MR) is 103 cm³/mol. The van der Waals surface area contributed by atoms with Gasteiger partial charge in [0.1, 0.15) is 0 Å². The van der Waals surface area contributed by atoms with Crippen LogP contribution in [0.1, 0.15) is 11.3 Å². The number of aromatic nitrogens is 2. The summed E-state index contributed by atoms with van der Waals surface area (Å²) in [5.41, 5.74) is 0.128. The normalized spacial score (nSPS) is 13.7. The summed E-state index contributed by atoms with van der Waals surface area (Å²) in [7, 11) is -2.17. The summed E-state index contributed by atoms with van der Waals surface area (Å²) in [5.74, 6) is -0.513. The number of hydrogen-bond donors (Lipinski definition) is 0. The molecule has 2 heterocycles. The Morgan fingerprint density at radius 3 is 2.40 bits per heavy atom. The van der Waals surface area contributed by atoms with E-state index in [1.165, 1.54) is 37.4 Å². The van der Waals surface area contributed by atoms with E-state index in [9.17, 15) is 26.0 Å². The molecule has 0 bridgehead atoms. The maximum Gasteiger partial charge on any atom is 0.436 e. The van der Waals surface area contributed by atoms with Crippen LogP contribution in [0.15, 0.2) is 46.2 Å². The molecule has 0 aliphatic carbocycles. The molecule has 0 fully saturated rings. The van der Waals surface area contributed by atoms with Gasteiger partial charge >= 0.3 is 6.18 Å². The van der Waals surface area contributed by atoms with E-state index in [1.807, 2.05) is 0 Å². The number of alkyl halides is 3. The minimum atomic E-state index is -4.71. The second kappa shape index (κ2) is 7.02. The van der Waals surface area contributed by atoms with Crippen molar-refractivity contribution >= 4 is 21.6 Å². The molecule has 11 heteroatoms. The van der Waals surface area contributed by atoms with Crippen molar-refractivity contribution in [2.45, 2.75) is 21.7 Å². The van der Waals surface area contributed by atoms with Gasteiger partial charge in [-0.3, -0.25) is 0 Å². The molecule has 0 spiro atoms. The largest absolute Gasteiger partial charge is 0.494 e. The van der Waals surface area contributed by atoms with Crippen LogP contribution < -0.4 is 4.74 Å². The van der Waals surface area contributed by atoms with Gasteiger partial charge in [0.15, 0.2) is 27.1 Å². The topological polar surface area (TPSA) is 61.2 Å². The maximum absolute atomic E-state index is 14.4. The Hall–Kier alpha value is -2.53. The second-order valence-corrected chi connectivity index (χ2v) is 9.64. The van der Waals surface area contributed by atoms with Gasteiger partial charge in [0.2, 0.25) is 0 Å². The third-order valence-electron chi connectivity index (χ3n) is 4.62. The quantitative estimate of drug-likeness (QED) is 0.532. The van der Waals surface area contributed by atoms with Gasteiger partial charge in [-0.2, -0.15) is 18.3 Å². The van der Waals surface area contributed by atoms with Crippen molar-refractivity contribution in [2.24, 2.45) is 0 Å². The number of rotatable bonds is 3. The van der Waals surface area contributed by atoms with Crippen LogP contribution in [0.25, 0.3) is 16.9 Å². The highest BCUT2D eigenvalue weighted by molar-refractivity contribution is 7.98. The zero-order valence-electron chi connectivity index (χ0n) is 15.6. The highest BCUT2D eigenvalue weighted by Crippen LogP contribution is 2.49. The van der Waals surface area contributed by atoms with E-state index in [1.54, 1.807) is 0 Å². The molecular formula is C19H14F4N2O3S2. The molecule has 5 nitrogen and oxygen atoms in total. The van der Waals surface area contributed by atoms with E-state index < -0.39 is 27.5 Å². The molecule has 4 rings (SSSR count). The molecule has 30 heavy (non-hydrogen) atoms. The van der Waals surface area contributed by atoms with Gasteiger partial charge in [0.05, 0.1) is 28.3 Å². The van der Waals surface area contributed by atoms with Crippen LogP contribution >= 0.6 is 11.8 Å². The number of thioether (sulfide) groups is 1. The molecule has 0 atom stereocenters. The average molecular weight is 458 g/mol. The van der Waals surface area contributed by atoms with Gasteiger partial charge in [-0.1, -0.05) is 0 Å². The lowest BCUT2D eigenvalue weighted by molar-refractivity contribution is -0.143. The van der Waals surface area contributed by atoms with E-state index in [2.05, 4.69) is 5.10 Å². The summed E-state index contributed by atoms with van der Waals surface area (Å²) in [6.07, 6.45) is -3.68. The van der Waals surface area contributed by atoms with E-state index in [4.69, 9.17) is 4.74 Å². The Kier molecular flexibility index (Phi) is 4.85. The molecule has 0 saturated carbocycles. The Morgan fingerprint density at radius 1 is 1.17 bits per heavy atom. The number of benzene rings is 2. The Labute approximate surface area is 173 Å². The molecule has 1 aromatic heterocycles. The van der Waals surface area contributed by atoms with E-state index in [0.29, 0.717) is 5.56 Å². The van der Waals surface area contributed by atoms with Gasteiger partial charge in [-0.05, 0) is 42.0 Å². The average Bonchev–Trinajstić information content (AvgIpc) is 3.07. The molecule has 2 aromatic carbocycles. The zero-order valence-corrected chi connectivity index (χ0v) is 17.3. The van der Waals surface area contributed by atoms with E-state index in [-0.39, 0.29) is 38.2 Å². The highest BCUT2D eigenvalue weighted by atomic mass is 32.2. The first-order valence-corrected chi connectivity index (χ1v) is 11.4. The highest BCUT2D eigenvalue weighted by Gasteiger charge is 2.41. The Balaban J connectivity index is 1.97. The van der Waals surface area contributed by atoms with Gasteiger partial charge in [0.25, 0.3) is 0 Å². The van der Waals surface area contributed by atoms with Crippen LogP contribution in [0.2, 0.25) is 0 Å². The van der Waals surface area contributed by atoms with Gasteiger partial charge in [0, 0.05) is 17.6 Å². The molecule has 0 radical (unpaired) electrons. The monoisotopic (exact) mass is 458 g/mol. The van der Waals surface area contributed by atoms with Crippen molar-refractivity contribution < 1.29 is 30.7 Å². The van der Waals surface area contributed by atoms with Gasteiger partial charge in [-0.15, -0.1) is 11.8 Å². The maximum atomic E-state index is 14.4. The predicted octanol–water partition coefficient (Wildman–Crippen LogP) is 4.72. The summed E-state index contributed by atoms with van der Waals surface area (Å²) in [6.45, 7) is 0. The standard InChI is InChI=1S/C19H14F4N2O3S2/c1-28-15-7-10-9-29-17-16(13(10)8-14(15)20)25(24-18(17)19(21,22)23)11-3-5-12(6-4-11)30(2,26)27/h3-8H,9H2,1-2H3. The number of fused-ring (bicyclic) bond motifs is 3. The first kappa shape index (κ1) is 20.7. The number of methoxy groups -OCH3 is 1. The van der Waals surface area contributed by atoms with Crippen LogP contribution in [0.3, 0.4) is 0 Å². The SMILES string of the molecule is COc1cc2c(cc1F)-c1c(c(C(F)(F)F)nn1-c1ccc(S(C)(=O)=O)cc1)SC2. The van der Waals surface area contributed by atoms with E-state index in [0.717, 1.165) is 28.8 Å². The molecule has 3 aromatic rings. The summed E-state index contributed by atoms with van der Waals surface area (Å²) in [4.78, 5) is -0.0827. The van der Waals surface area contributed by atoms with Crippen LogP contribution in [0, 0.1) is 5.82 Å². The van der Waals surface area contributed by atoms with Crippen LogP contribution in [0.5, 0.6) is 5.75 Å². The van der Waals surface area contributed by atoms with Crippen LogP contribution in [-0.2, 0) is 21.8 Å². The molecular weight excluding hydrogens is 444 g/mol. The van der Waals surface area contributed by atoms with Gasteiger partial charge < -0.3 is 4.74 Å². The molecule has 0 unspecified atom stereocenters. The van der Waals surface area contributed by atoms with E-state index >= 15 is 0 Å². The minimum Gasteiger partial charge on any atom is -0.494 e. The summed E-state index contributed by atoms with van der Waals surface area (Å²) < 4.78 is 84.7. The van der Waals surface area contributed by atoms with Crippen LogP contribution in [0.4, 0.5) is 17.6 Å². The van der Waals surface area contributed by atoms with Crippen molar-refractivity contribution in [1.29, 1.82) is 0 Å². The molecule has 1 aliphatic heterocycles. The fourth-order valence-electron chi connectivity index (χ4n) is 3.23. The van der Waals surface area contributed by atoms with Crippen molar-refractivity contribution in [2.75, 3.05) is 13.4 Å². The lowest BCUT2D eigenvalue weighted by Crippen LogP contribution is -2.08. The lowest BCUT2D eigenvalue weighted by Gasteiger charge is -2.20. The zero-order chi connectivity index (χ0) is 21.8. The number of halogens is 4. The molecule has 158 valence electrons. The van der Waals surface area contributed by atoms with Crippen molar-refractivity contribution in [3.05, 3.63) is 53.5 Å².